The Morgan fingerprint density at radius 1 is 0.926 bits per heavy atom. The van der Waals surface area contributed by atoms with E-state index in [2.05, 4.69) is 37.5 Å². The normalized spacial score (nSPS) is 23.2. The van der Waals surface area contributed by atoms with Gasteiger partial charge in [-0.1, -0.05) is 76.4 Å². The molecule has 0 aliphatic carbocycles. The van der Waals surface area contributed by atoms with Crippen LogP contribution in [0.4, 0.5) is 0 Å². The number of nitrogens with one attached hydrogen (secondary N) is 1. The lowest BCUT2D eigenvalue weighted by molar-refractivity contribution is -0.942. The van der Waals surface area contributed by atoms with Crippen LogP contribution in [-0.2, 0) is 0 Å². The summed E-state index contributed by atoms with van der Waals surface area (Å²) >= 11 is 0. The van der Waals surface area contributed by atoms with Crippen molar-refractivity contribution in [2.24, 2.45) is 0 Å². The second-order valence-corrected chi connectivity index (χ2v) is 8.33. The highest BCUT2D eigenvalue weighted by atomic mass is 16.3. The highest BCUT2D eigenvalue weighted by molar-refractivity contribution is 4.84. The Kier molecular flexibility index (Phi) is 13.6. The molecule has 0 spiro atoms. The number of nitrogens with zero attached hydrogens (tertiary/aromatic N) is 1. The lowest BCUT2D eigenvalue weighted by atomic mass is 10.0. The zero-order chi connectivity index (χ0) is 19.8. The van der Waals surface area contributed by atoms with Crippen LogP contribution in [0.5, 0.6) is 0 Å². The Morgan fingerprint density at radius 3 is 1.93 bits per heavy atom. The summed E-state index contributed by atoms with van der Waals surface area (Å²) < 4.78 is 0.676. The first-order chi connectivity index (χ1) is 13.2. The van der Waals surface area contributed by atoms with Crippen LogP contribution >= 0.6 is 0 Å². The number of allylic oxidation sites excluding steroid dienone is 2. The predicted molar refractivity (Wildman–Crippen MR) is 118 cm³/mol. The van der Waals surface area contributed by atoms with Crippen LogP contribution in [0, 0.1) is 0 Å². The van der Waals surface area contributed by atoms with E-state index in [0.717, 1.165) is 13.0 Å². The Hall–Kier alpha value is -0.800. The smallest absolute Gasteiger partial charge is 0.193 e. The number of aliphatic hydroxyl groups excluding tert-OH is 1. The summed E-state index contributed by atoms with van der Waals surface area (Å²) in [5, 5.41) is 13.6. The molecule has 3 heteroatoms. The van der Waals surface area contributed by atoms with Crippen LogP contribution in [0.3, 0.4) is 0 Å². The molecule has 3 unspecified atom stereocenters. The molecule has 0 amide bonds. The van der Waals surface area contributed by atoms with E-state index >= 15 is 0 Å². The maximum atomic E-state index is 10.2. The molecule has 1 heterocycles. The molecule has 3 nitrogen and oxygen atoms in total. The van der Waals surface area contributed by atoms with Gasteiger partial charge in [0, 0.05) is 13.3 Å². The Bertz CT molecular complexity index is 405. The molecule has 0 fully saturated rings. The maximum absolute atomic E-state index is 10.2. The Balaban J connectivity index is 1.90. The van der Waals surface area contributed by atoms with Crippen molar-refractivity contribution in [2.45, 2.75) is 123 Å². The van der Waals surface area contributed by atoms with Gasteiger partial charge in [-0.3, -0.25) is 4.48 Å². The van der Waals surface area contributed by atoms with Crippen molar-refractivity contribution in [3.05, 3.63) is 24.6 Å². The highest BCUT2D eigenvalue weighted by Gasteiger charge is 2.40. The largest absolute Gasteiger partial charge is 0.345 e. The lowest BCUT2D eigenvalue weighted by Gasteiger charge is -2.39. The molecule has 0 saturated carbocycles. The third kappa shape index (κ3) is 9.30. The topological polar surface area (TPSA) is 32.3 Å². The van der Waals surface area contributed by atoms with Crippen molar-refractivity contribution < 1.29 is 9.59 Å². The summed E-state index contributed by atoms with van der Waals surface area (Å²) in [6.45, 7) is 7.14. The van der Waals surface area contributed by atoms with Crippen LogP contribution in [0.15, 0.2) is 24.6 Å². The minimum atomic E-state index is -0.334. The van der Waals surface area contributed by atoms with Crippen LogP contribution in [-0.4, -0.2) is 28.5 Å². The predicted octanol–water partition coefficient (Wildman–Crippen LogP) is 6.60. The molecule has 158 valence electrons. The van der Waals surface area contributed by atoms with E-state index in [1.54, 1.807) is 0 Å². The van der Waals surface area contributed by atoms with E-state index < -0.39 is 0 Å². The average molecular weight is 380 g/mol. The molecule has 0 radical (unpaired) electrons. The average Bonchev–Trinajstić information content (AvgIpc) is 3.09. The molecule has 1 rings (SSSR count). The van der Waals surface area contributed by atoms with Crippen molar-refractivity contribution in [3.8, 4) is 0 Å². The quantitative estimate of drug-likeness (QED) is 0.169. The Labute approximate surface area is 169 Å². The lowest BCUT2D eigenvalue weighted by Crippen LogP contribution is -2.57. The van der Waals surface area contributed by atoms with E-state index in [9.17, 15) is 5.11 Å². The zero-order valence-corrected chi connectivity index (χ0v) is 18.5. The van der Waals surface area contributed by atoms with Gasteiger partial charge in [0.05, 0.1) is 12.7 Å². The van der Waals surface area contributed by atoms with Gasteiger partial charge >= 0.3 is 0 Å². The minimum absolute atomic E-state index is 0.334. The van der Waals surface area contributed by atoms with Gasteiger partial charge < -0.3 is 10.4 Å². The number of hydrogen-bond acceptors (Lipinski definition) is 2. The molecule has 0 aromatic rings. The van der Waals surface area contributed by atoms with Crippen molar-refractivity contribution in [3.63, 3.8) is 0 Å². The number of aliphatic hydroxyl groups is 1. The number of hydrogen-bond donors (Lipinski definition) is 2. The van der Waals surface area contributed by atoms with Crippen LogP contribution in [0.1, 0.15) is 111 Å². The van der Waals surface area contributed by atoms with Gasteiger partial charge in [-0.15, -0.1) is 0 Å². The monoisotopic (exact) mass is 379 g/mol. The molecule has 1 aliphatic heterocycles. The first kappa shape index (κ1) is 24.2. The number of unbranched alkanes of at least 4 members (excludes halogenated alkanes) is 12. The SMILES string of the molecule is C/C=C/CCCCCCCCCCCCCCC1NC=C[N+]1(CC)C(C)O. The highest BCUT2D eigenvalue weighted by Crippen LogP contribution is 2.25. The van der Waals surface area contributed by atoms with E-state index in [1.807, 2.05) is 13.1 Å². The van der Waals surface area contributed by atoms with Crippen LogP contribution < -0.4 is 5.32 Å². The van der Waals surface area contributed by atoms with Gasteiger partial charge in [0.15, 0.2) is 12.4 Å². The summed E-state index contributed by atoms with van der Waals surface area (Å²) in [6.07, 6.45) is 27.7. The third-order valence-electron chi connectivity index (χ3n) is 6.30. The molecular formula is C24H47N2O+. The first-order valence-corrected chi connectivity index (χ1v) is 11.8. The second-order valence-electron chi connectivity index (χ2n) is 8.33. The fourth-order valence-corrected chi connectivity index (χ4v) is 4.37. The van der Waals surface area contributed by atoms with Gasteiger partial charge in [0.25, 0.3) is 0 Å². The Morgan fingerprint density at radius 2 is 1.44 bits per heavy atom. The van der Waals surface area contributed by atoms with Crippen LogP contribution in [0.2, 0.25) is 0 Å². The summed E-state index contributed by atoms with van der Waals surface area (Å²) in [5.41, 5.74) is 0. The van der Waals surface area contributed by atoms with Gasteiger partial charge in [-0.05, 0) is 33.1 Å². The number of quaternary nitrogens is 1. The molecule has 0 aromatic heterocycles. The van der Waals surface area contributed by atoms with Gasteiger partial charge in [0.1, 0.15) is 6.20 Å². The number of rotatable bonds is 17. The fraction of sp³-hybridized carbons (Fsp3) is 0.833. The summed E-state index contributed by atoms with van der Waals surface area (Å²) in [5.74, 6) is 0. The van der Waals surface area contributed by atoms with Gasteiger partial charge in [-0.2, -0.15) is 0 Å². The van der Waals surface area contributed by atoms with Gasteiger partial charge in [0.2, 0.25) is 0 Å². The molecular weight excluding hydrogens is 332 g/mol. The standard InChI is InChI=1S/C24H47N2O/c1-4-6-7-8-9-10-11-12-13-14-15-16-17-18-19-20-24-25-21-22-26(24,5-2)23(3)27/h4,6,21-25,27H,5,7-20H2,1-3H3/q+1/b6-4+. The molecule has 27 heavy (non-hydrogen) atoms. The van der Waals surface area contributed by atoms with E-state index in [-0.39, 0.29) is 6.23 Å². The summed E-state index contributed by atoms with van der Waals surface area (Å²) in [6, 6.07) is 0. The van der Waals surface area contributed by atoms with E-state index in [0.29, 0.717) is 10.6 Å². The van der Waals surface area contributed by atoms with E-state index in [4.69, 9.17) is 0 Å². The first-order valence-electron chi connectivity index (χ1n) is 11.8. The van der Waals surface area contributed by atoms with Crippen molar-refractivity contribution >= 4 is 0 Å². The van der Waals surface area contributed by atoms with Crippen LogP contribution in [0.25, 0.3) is 0 Å². The molecule has 3 atom stereocenters. The van der Waals surface area contributed by atoms with E-state index in [1.165, 1.54) is 83.5 Å². The summed E-state index contributed by atoms with van der Waals surface area (Å²) in [7, 11) is 0. The fourth-order valence-electron chi connectivity index (χ4n) is 4.37. The third-order valence-corrected chi connectivity index (χ3v) is 6.30. The zero-order valence-electron chi connectivity index (χ0n) is 18.5. The van der Waals surface area contributed by atoms with Crippen molar-refractivity contribution in [2.75, 3.05) is 6.54 Å². The van der Waals surface area contributed by atoms with Crippen molar-refractivity contribution in [1.29, 1.82) is 0 Å². The molecule has 0 aromatic carbocycles. The molecule has 0 bridgehead atoms. The molecule has 0 saturated heterocycles. The maximum Gasteiger partial charge on any atom is 0.193 e. The van der Waals surface area contributed by atoms with Gasteiger partial charge in [-0.25, -0.2) is 0 Å². The second kappa shape index (κ2) is 15.2. The minimum Gasteiger partial charge on any atom is -0.345 e. The summed E-state index contributed by atoms with van der Waals surface area (Å²) in [4.78, 5) is 0. The van der Waals surface area contributed by atoms with Crippen molar-refractivity contribution in [1.82, 2.24) is 5.32 Å². The molecule has 1 aliphatic rings. The molecule has 2 N–H and O–H groups in total.